The van der Waals surface area contributed by atoms with Crippen LogP contribution in [0.25, 0.3) is 0 Å². The Labute approximate surface area is 103 Å². The maximum absolute atomic E-state index is 11.1. The maximum atomic E-state index is 11.1. The first kappa shape index (κ1) is 12.0. The number of aryl methyl sites for hydroxylation is 1. The molecule has 0 aromatic carbocycles. The number of nitrogens with zero attached hydrogens (tertiary/aromatic N) is 3. The molecule has 0 unspecified atom stereocenters. The minimum absolute atomic E-state index is 0.167. The predicted molar refractivity (Wildman–Crippen MR) is 61.9 cm³/mol. The van der Waals surface area contributed by atoms with Gasteiger partial charge < -0.3 is 14.6 Å². The average Bonchev–Trinajstić information content (AvgIpc) is 2.82. The monoisotopic (exact) mass is 248 g/mol. The van der Waals surface area contributed by atoms with E-state index in [0.29, 0.717) is 12.4 Å². The number of esters is 1. The van der Waals surface area contributed by atoms with E-state index >= 15 is 0 Å². The summed E-state index contributed by atoms with van der Waals surface area (Å²) in [6.07, 6.45) is 0. The van der Waals surface area contributed by atoms with Gasteiger partial charge in [-0.3, -0.25) is 0 Å². The predicted octanol–water partition coefficient (Wildman–Crippen LogP) is 1.17. The van der Waals surface area contributed by atoms with Crippen LogP contribution in [0.4, 0.5) is 5.82 Å². The van der Waals surface area contributed by atoms with Crippen molar-refractivity contribution in [3.63, 3.8) is 0 Å². The molecule has 0 saturated heterocycles. The molecule has 0 atom stereocenters. The van der Waals surface area contributed by atoms with Crippen LogP contribution in [-0.4, -0.2) is 28.4 Å². The highest BCUT2D eigenvalue weighted by Crippen LogP contribution is 2.06. The molecule has 7 heteroatoms. The smallest absolute Gasteiger partial charge is 0.358 e. The molecule has 0 spiro atoms. The Hall–Kier alpha value is -2.44. The van der Waals surface area contributed by atoms with Crippen molar-refractivity contribution >= 4 is 11.8 Å². The molecule has 0 amide bonds. The largest absolute Gasteiger partial charge is 0.464 e. The van der Waals surface area contributed by atoms with Crippen LogP contribution < -0.4 is 5.32 Å². The summed E-state index contributed by atoms with van der Waals surface area (Å²) < 4.78 is 9.45. The van der Waals surface area contributed by atoms with E-state index in [2.05, 4.69) is 25.4 Å². The van der Waals surface area contributed by atoms with E-state index in [4.69, 9.17) is 4.52 Å². The molecule has 0 fully saturated rings. The van der Waals surface area contributed by atoms with Gasteiger partial charge in [-0.05, 0) is 19.1 Å². The fraction of sp³-hybridized carbons (Fsp3) is 0.273. The summed E-state index contributed by atoms with van der Waals surface area (Å²) in [6, 6.07) is 5.00. The highest BCUT2D eigenvalue weighted by Gasteiger charge is 2.07. The lowest BCUT2D eigenvalue weighted by atomic mass is 10.3. The van der Waals surface area contributed by atoms with Gasteiger partial charge >= 0.3 is 5.97 Å². The summed E-state index contributed by atoms with van der Waals surface area (Å²) in [5.41, 5.74) is 0.937. The van der Waals surface area contributed by atoms with E-state index in [1.54, 1.807) is 6.07 Å². The van der Waals surface area contributed by atoms with Gasteiger partial charge in [-0.25, -0.2) is 4.79 Å². The van der Waals surface area contributed by atoms with E-state index in [9.17, 15) is 4.79 Å². The van der Waals surface area contributed by atoms with Crippen molar-refractivity contribution in [3.8, 4) is 0 Å². The lowest BCUT2D eigenvalue weighted by Crippen LogP contribution is -2.08. The molecule has 2 aromatic rings. The van der Waals surface area contributed by atoms with E-state index < -0.39 is 5.97 Å². The molecule has 7 nitrogen and oxygen atoms in total. The molecule has 0 aliphatic rings. The number of anilines is 1. The molecule has 2 rings (SSSR count). The normalized spacial score (nSPS) is 10.1. The summed E-state index contributed by atoms with van der Waals surface area (Å²) in [7, 11) is 1.29. The molecule has 0 aliphatic heterocycles. The molecule has 2 heterocycles. The molecular formula is C11H12N4O3. The number of hydrogen-bond acceptors (Lipinski definition) is 7. The van der Waals surface area contributed by atoms with Gasteiger partial charge in [-0.2, -0.15) is 0 Å². The highest BCUT2D eigenvalue weighted by atomic mass is 16.5. The zero-order valence-electron chi connectivity index (χ0n) is 10.0. The lowest BCUT2D eigenvalue weighted by molar-refractivity contribution is 0.0593. The third-order valence-electron chi connectivity index (χ3n) is 2.19. The van der Waals surface area contributed by atoms with Crippen LogP contribution in [0.2, 0.25) is 0 Å². The first-order chi connectivity index (χ1) is 8.69. The van der Waals surface area contributed by atoms with Crippen LogP contribution in [0.1, 0.15) is 21.9 Å². The van der Waals surface area contributed by atoms with Crippen LogP contribution in [0.3, 0.4) is 0 Å². The molecule has 0 saturated carbocycles. The lowest BCUT2D eigenvalue weighted by Gasteiger charge is -2.02. The zero-order chi connectivity index (χ0) is 13.0. The Bertz CT molecular complexity index is 535. The van der Waals surface area contributed by atoms with Gasteiger partial charge in [-0.15, -0.1) is 10.2 Å². The quantitative estimate of drug-likeness (QED) is 0.812. The molecule has 94 valence electrons. The Kier molecular flexibility index (Phi) is 3.52. The van der Waals surface area contributed by atoms with E-state index in [-0.39, 0.29) is 5.69 Å². The van der Waals surface area contributed by atoms with Crippen LogP contribution in [-0.2, 0) is 11.3 Å². The molecular weight excluding hydrogens is 236 g/mol. The van der Waals surface area contributed by atoms with Crippen molar-refractivity contribution in [2.45, 2.75) is 13.5 Å². The third kappa shape index (κ3) is 2.82. The molecule has 1 N–H and O–H groups in total. The van der Waals surface area contributed by atoms with Gasteiger partial charge in [0, 0.05) is 6.07 Å². The first-order valence-corrected chi connectivity index (χ1v) is 5.27. The number of hydrogen-bond donors (Lipinski definition) is 1. The number of rotatable bonds is 4. The van der Waals surface area contributed by atoms with Crippen LogP contribution in [0, 0.1) is 6.92 Å². The second-order valence-electron chi connectivity index (χ2n) is 3.58. The SMILES string of the molecule is COC(=O)c1ccc(NCc2cc(C)on2)nn1. The van der Waals surface area contributed by atoms with Gasteiger partial charge in [0.1, 0.15) is 17.3 Å². The summed E-state index contributed by atoms with van der Waals surface area (Å²) in [5.74, 6) is 0.781. The fourth-order valence-corrected chi connectivity index (χ4v) is 1.32. The summed E-state index contributed by atoms with van der Waals surface area (Å²) >= 11 is 0. The van der Waals surface area contributed by atoms with Gasteiger partial charge in [0.25, 0.3) is 0 Å². The van der Waals surface area contributed by atoms with Gasteiger partial charge in [0.05, 0.1) is 13.7 Å². The Morgan fingerprint density at radius 2 is 2.28 bits per heavy atom. The molecule has 0 aliphatic carbocycles. The van der Waals surface area contributed by atoms with Crippen molar-refractivity contribution in [1.82, 2.24) is 15.4 Å². The van der Waals surface area contributed by atoms with E-state index in [1.807, 2.05) is 13.0 Å². The van der Waals surface area contributed by atoms with Crippen molar-refractivity contribution in [1.29, 1.82) is 0 Å². The minimum Gasteiger partial charge on any atom is -0.464 e. The number of aromatic nitrogens is 3. The Balaban J connectivity index is 1.96. The van der Waals surface area contributed by atoms with Crippen molar-refractivity contribution in [2.24, 2.45) is 0 Å². The maximum Gasteiger partial charge on any atom is 0.358 e. The van der Waals surface area contributed by atoms with Crippen molar-refractivity contribution in [3.05, 3.63) is 35.3 Å². The topological polar surface area (TPSA) is 90.1 Å². The average molecular weight is 248 g/mol. The second kappa shape index (κ2) is 5.26. The summed E-state index contributed by atoms with van der Waals surface area (Å²) in [5, 5.41) is 14.4. The first-order valence-electron chi connectivity index (χ1n) is 5.27. The number of carbonyl (C=O) groups is 1. The minimum atomic E-state index is -0.513. The standard InChI is InChI=1S/C11H12N4O3/c1-7-5-8(15-18-7)6-12-10-4-3-9(13-14-10)11(16)17-2/h3-5H,6H2,1-2H3,(H,12,14). The highest BCUT2D eigenvalue weighted by molar-refractivity contribution is 5.86. The van der Waals surface area contributed by atoms with Crippen molar-refractivity contribution in [2.75, 3.05) is 12.4 Å². The molecule has 18 heavy (non-hydrogen) atoms. The molecule has 0 radical (unpaired) electrons. The number of nitrogens with one attached hydrogen (secondary N) is 1. The fourth-order valence-electron chi connectivity index (χ4n) is 1.32. The Morgan fingerprint density at radius 3 is 2.83 bits per heavy atom. The van der Waals surface area contributed by atoms with E-state index in [0.717, 1.165) is 11.5 Å². The van der Waals surface area contributed by atoms with Crippen LogP contribution >= 0.6 is 0 Å². The zero-order valence-corrected chi connectivity index (χ0v) is 10.0. The van der Waals surface area contributed by atoms with Gasteiger partial charge in [0.2, 0.25) is 0 Å². The van der Waals surface area contributed by atoms with Gasteiger partial charge in [0.15, 0.2) is 5.69 Å². The summed E-state index contributed by atoms with van der Waals surface area (Å²) in [4.78, 5) is 11.1. The summed E-state index contributed by atoms with van der Waals surface area (Å²) in [6.45, 7) is 2.30. The van der Waals surface area contributed by atoms with Crippen molar-refractivity contribution < 1.29 is 14.1 Å². The Morgan fingerprint density at radius 1 is 1.44 bits per heavy atom. The van der Waals surface area contributed by atoms with Crippen LogP contribution in [0.5, 0.6) is 0 Å². The number of carbonyl (C=O) groups excluding carboxylic acids is 1. The molecule has 0 bridgehead atoms. The number of methoxy groups -OCH3 is 1. The van der Waals surface area contributed by atoms with E-state index in [1.165, 1.54) is 13.2 Å². The van der Waals surface area contributed by atoms with Gasteiger partial charge in [-0.1, -0.05) is 5.16 Å². The third-order valence-corrected chi connectivity index (χ3v) is 2.19. The second-order valence-corrected chi connectivity index (χ2v) is 3.58. The van der Waals surface area contributed by atoms with Crippen LogP contribution in [0.15, 0.2) is 22.7 Å². The number of ether oxygens (including phenoxy) is 1. The molecule has 2 aromatic heterocycles.